The van der Waals surface area contributed by atoms with Crippen LogP contribution >= 0.6 is 0 Å². The van der Waals surface area contributed by atoms with Crippen LogP contribution in [-0.4, -0.2) is 28.6 Å². The SMILES string of the molecule is CC(CCO)NC(=O)c1cncc(F)c1. The van der Waals surface area contributed by atoms with E-state index in [1.165, 1.54) is 6.20 Å². The first-order valence-electron chi connectivity index (χ1n) is 4.65. The van der Waals surface area contributed by atoms with Crippen LogP contribution in [0.5, 0.6) is 0 Å². The van der Waals surface area contributed by atoms with E-state index in [-0.39, 0.29) is 24.1 Å². The molecular weight excluding hydrogens is 199 g/mol. The number of nitrogens with one attached hydrogen (secondary N) is 1. The second-order valence-electron chi connectivity index (χ2n) is 3.28. The molecule has 1 atom stereocenters. The number of carbonyl (C=O) groups is 1. The molecule has 0 aliphatic rings. The van der Waals surface area contributed by atoms with Crippen molar-refractivity contribution in [3.05, 3.63) is 29.8 Å². The van der Waals surface area contributed by atoms with Gasteiger partial charge in [-0.3, -0.25) is 9.78 Å². The predicted molar refractivity (Wildman–Crippen MR) is 52.8 cm³/mol. The molecule has 1 amide bonds. The highest BCUT2D eigenvalue weighted by molar-refractivity contribution is 5.93. The van der Waals surface area contributed by atoms with Gasteiger partial charge in [0.1, 0.15) is 5.82 Å². The summed E-state index contributed by atoms with van der Waals surface area (Å²) in [6.07, 6.45) is 2.80. The van der Waals surface area contributed by atoms with Gasteiger partial charge < -0.3 is 10.4 Å². The van der Waals surface area contributed by atoms with E-state index in [2.05, 4.69) is 10.3 Å². The summed E-state index contributed by atoms with van der Waals surface area (Å²) in [5.74, 6) is -0.930. The largest absolute Gasteiger partial charge is 0.396 e. The van der Waals surface area contributed by atoms with Gasteiger partial charge in [-0.1, -0.05) is 0 Å². The third-order valence-electron chi connectivity index (χ3n) is 1.91. The van der Waals surface area contributed by atoms with Crippen molar-refractivity contribution in [1.82, 2.24) is 10.3 Å². The molecule has 0 aliphatic carbocycles. The summed E-state index contributed by atoms with van der Waals surface area (Å²) in [5, 5.41) is 11.3. The fourth-order valence-corrected chi connectivity index (χ4v) is 1.11. The van der Waals surface area contributed by atoms with Gasteiger partial charge in [-0.2, -0.15) is 0 Å². The maximum Gasteiger partial charge on any atom is 0.253 e. The van der Waals surface area contributed by atoms with Crippen LogP contribution < -0.4 is 5.32 Å². The van der Waals surface area contributed by atoms with E-state index in [9.17, 15) is 9.18 Å². The highest BCUT2D eigenvalue weighted by Gasteiger charge is 2.10. The molecule has 5 heteroatoms. The zero-order valence-electron chi connectivity index (χ0n) is 8.40. The van der Waals surface area contributed by atoms with Gasteiger partial charge >= 0.3 is 0 Å². The van der Waals surface area contributed by atoms with Gasteiger partial charge in [0, 0.05) is 18.8 Å². The molecule has 0 saturated carbocycles. The van der Waals surface area contributed by atoms with Crippen molar-refractivity contribution in [2.45, 2.75) is 19.4 Å². The monoisotopic (exact) mass is 212 g/mol. The molecule has 0 aromatic carbocycles. The number of pyridine rings is 1. The fraction of sp³-hybridized carbons (Fsp3) is 0.400. The lowest BCUT2D eigenvalue weighted by molar-refractivity contribution is 0.0933. The van der Waals surface area contributed by atoms with Crippen molar-refractivity contribution in [3.8, 4) is 0 Å². The quantitative estimate of drug-likeness (QED) is 0.773. The van der Waals surface area contributed by atoms with Crippen LogP contribution in [0.1, 0.15) is 23.7 Å². The summed E-state index contributed by atoms with van der Waals surface area (Å²) in [5.41, 5.74) is 0.180. The Morgan fingerprint density at radius 3 is 3.00 bits per heavy atom. The van der Waals surface area contributed by atoms with Gasteiger partial charge in [-0.15, -0.1) is 0 Å². The number of carbonyl (C=O) groups excluding carboxylic acids is 1. The maximum absolute atomic E-state index is 12.7. The zero-order chi connectivity index (χ0) is 11.3. The van der Waals surface area contributed by atoms with Crippen molar-refractivity contribution in [1.29, 1.82) is 0 Å². The molecule has 1 rings (SSSR count). The smallest absolute Gasteiger partial charge is 0.253 e. The minimum absolute atomic E-state index is 0.00282. The topological polar surface area (TPSA) is 62.2 Å². The minimum Gasteiger partial charge on any atom is -0.396 e. The Morgan fingerprint density at radius 2 is 2.40 bits per heavy atom. The highest BCUT2D eigenvalue weighted by Crippen LogP contribution is 2.01. The van der Waals surface area contributed by atoms with Gasteiger partial charge in [0.15, 0.2) is 0 Å². The van der Waals surface area contributed by atoms with E-state index in [1.54, 1.807) is 6.92 Å². The van der Waals surface area contributed by atoms with Crippen molar-refractivity contribution in [3.63, 3.8) is 0 Å². The van der Waals surface area contributed by atoms with Gasteiger partial charge in [0.05, 0.1) is 11.8 Å². The molecule has 0 spiro atoms. The van der Waals surface area contributed by atoms with Crippen molar-refractivity contribution >= 4 is 5.91 Å². The van der Waals surface area contributed by atoms with Crippen LogP contribution in [0.4, 0.5) is 4.39 Å². The first-order valence-corrected chi connectivity index (χ1v) is 4.65. The number of aromatic nitrogens is 1. The Labute approximate surface area is 87.1 Å². The van der Waals surface area contributed by atoms with E-state index in [0.29, 0.717) is 6.42 Å². The Bertz CT molecular complexity index is 344. The fourth-order valence-electron chi connectivity index (χ4n) is 1.11. The number of nitrogens with zero attached hydrogens (tertiary/aromatic N) is 1. The molecule has 1 aromatic heterocycles. The summed E-state index contributed by atoms with van der Waals surface area (Å²) in [7, 11) is 0. The molecule has 0 aliphatic heterocycles. The number of aliphatic hydroxyl groups is 1. The Kier molecular flexibility index (Phi) is 4.17. The lowest BCUT2D eigenvalue weighted by atomic mass is 10.2. The minimum atomic E-state index is -0.544. The van der Waals surface area contributed by atoms with Crippen LogP contribution in [0.3, 0.4) is 0 Å². The van der Waals surface area contributed by atoms with Crippen molar-refractivity contribution in [2.24, 2.45) is 0 Å². The van der Waals surface area contributed by atoms with Crippen LogP contribution in [0.15, 0.2) is 18.5 Å². The Hall–Kier alpha value is -1.49. The lowest BCUT2D eigenvalue weighted by Crippen LogP contribution is -2.33. The van der Waals surface area contributed by atoms with Gasteiger partial charge in [-0.05, 0) is 19.4 Å². The van der Waals surface area contributed by atoms with E-state index in [0.717, 1.165) is 12.3 Å². The molecule has 0 fully saturated rings. The molecule has 1 heterocycles. The molecule has 1 unspecified atom stereocenters. The van der Waals surface area contributed by atoms with Gasteiger partial charge in [0.2, 0.25) is 0 Å². The van der Waals surface area contributed by atoms with Crippen LogP contribution in [-0.2, 0) is 0 Å². The molecule has 2 N–H and O–H groups in total. The zero-order valence-corrected chi connectivity index (χ0v) is 8.40. The number of rotatable bonds is 4. The summed E-state index contributed by atoms with van der Waals surface area (Å²) in [4.78, 5) is 15.1. The number of halogens is 1. The standard InChI is InChI=1S/C10H13FN2O2/c1-7(2-3-14)13-10(15)8-4-9(11)6-12-5-8/h4-7,14H,2-3H2,1H3,(H,13,15). The van der Waals surface area contributed by atoms with Crippen molar-refractivity contribution < 1.29 is 14.3 Å². The molecule has 1 aromatic rings. The first-order chi connectivity index (χ1) is 7.13. The summed E-state index contributed by atoms with van der Waals surface area (Å²) in [6, 6.07) is 0.972. The maximum atomic E-state index is 12.7. The first kappa shape index (κ1) is 11.6. The van der Waals surface area contributed by atoms with Crippen molar-refractivity contribution in [2.75, 3.05) is 6.61 Å². The summed E-state index contributed by atoms with van der Waals surface area (Å²) < 4.78 is 12.7. The number of hydrogen-bond acceptors (Lipinski definition) is 3. The van der Waals surface area contributed by atoms with E-state index < -0.39 is 5.82 Å². The van der Waals surface area contributed by atoms with Crippen LogP contribution in [0.25, 0.3) is 0 Å². The van der Waals surface area contributed by atoms with E-state index >= 15 is 0 Å². The lowest BCUT2D eigenvalue weighted by Gasteiger charge is -2.11. The molecular formula is C10H13FN2O2. The normalized spacial score (nSPS) is 12.2. The molecule has 0 saturated heterocycles. The molecule has 4 nitrogen and oxygen atoms in total. The second kappa shape index (κ2) is 5.41. The average Bonchev–Trinajstić information content (AvgIpc) is 2.18. The Balaban J connectivity index is 2.61. The third-order valence-corrected chi connectivity index (χ3v) is 1.91. The molecule has 0 bridgehead atoms. The number of hydrogen-bond donors (Lipinski definition) is 2. The summed E-state index contributed by atoms with van der Waals surface area (Å²) >= 11 is 0. The number of amides is 1. The van der Waals surface area contributed by atoms with Crippen LogP contribution in [0, 0.1) is 5.82 Å². The van der Waals surface area contributed by atoms with E-state index in [1.807, 2.05) is 0 Å². The van der Waals surface area contributed by atoms with Gasteiger partial charge in [-0.25, -0.2) is 4.39 Å². The Morgan fingerprint density at radius 1 is 1.67 bits per heavy atom. The van der Waals surface area contributed by atoms with E-state index in [4.69, 9.17) is 5.11 Å². The number of aliphatic hydroxyl groups excluding tert-OH is 1. The highest BCUT2D eigenvalue weighted by atomic mass is 19.1. The summed E-state index contributed by atoms with van der Waals surface area (Å²) in [6.45, 7) is 1.77. The molecule has 82 valence electrons. The average molecular weight is 212 g/mol. The van der Waals surface area contributed by atoms with Crippen LogP contribution in [0.2, 0.25) is 0 Å². The molecule has 15 heavy (non-hydrogen) atoms. The van der Waals surface area contributed by atoms with Gasteiger partial charge in [0.25, 0.3) is 5.91 Å². The third kappa shape index (κ3) is 3.63. The molecule has 0 radical (unpaired) electrons. The second-order valence-corrected chi connectivity index (χ2v) is 3.28. The predicted octanol–water partition coefficient (Wildman–Crippen LogP) is 0.721.